The molecule has 1 aliphatic rings. The minimum absolute atomic E-state index is 0.238. The Morgan fingerprint density at radius 3 is 2.19 bits per heavy atom. The average molecular weight is 226 g/mol. The van der Waals surface area contributed by atoms with E-state index in [1.807, 2.05) is 0 Å². The molecule has 1 fully saturated rings. The summed E-state index contributed by atoms with van der Waals surface area (Å²) in [5.74, 6) is 0.980. The van der Waals surface area contributed by atoms with Gasteiger partial charge in [-0.2, -0.15) is 0 Å². The van der Waals surface area contributed by atoms with E-state index >= 15 is 0 Å². The van der Waals surface area contributed by atoms with Crippen LogP contribution in [0.4, 0.5) is 0 Å². The van der Waals surface area contributed by atoms with Crippen LogP contribution in [0.5, 0.6) is 0 Å². The summed E-state index contributed by atoms with van der Waals surface area (Å²) in [5.41, 5.74) is 6.46. The molecule has 0 amide bonds. The van der Waals surface area contributed by atoms with Crippen LogP contribution in [0, 0.1) is 11.3 Å². The van der Waals surface area contributed by atoms with Crippen molar-refractivity contribution in [1.82, 2.24) is 4.90 Å². The van der Waals surface area contributed by atoms with E-state index in [2.05, 4.69) is 39.5 Å². The topological polar surface area (TPSA) is 29.3 Å². The number of nitrogens with zero attached hydrogens (tertiary/aromatic N) is 1. The van der Waals surface area contributed by atoms with E-state index in [9.17, 15) is 0 Å². The predicted octanol–water partition coefficient (Wildman–Crippen LogP) is 2.87. The molecule has 0 radical (unpaired) electrons. The molecule has 1 atom stereocenters. The summed E-state index contributed by atoms with van der Waals surface area (Å²) in [4.78, 5) is 2.60. The minimum Gasteiger partial charge on any atom is -0.327 e. The Balaban J connectivity index is 2.31. The van der Waals surface area contributed by atoms with E-state index in [0.717, 1.165) is 18.9 Å². The second-order valence-corrected chi connectivity index (χ2v) is 6.79. The molecule has 16 heavy (non-hydrogen) atoms. The highest BCUT2D eigenvalue weighted by molar-refractivity contribution is 4.82. The Bertz CT molecular complexity index is 201. The summed E-state index contributed by atoms with van der Waals surface area (Å²) in [5, 5.41) is 0. The maximum atomic E-state index is 6.22. The molecule has 0 saturated heterocycles. The minimum atomic E-state index is 0.238. The lowest BCUT2D eigenvalue weighted by atomic mass is 9.85. The molecular formula is C14H30N2. The summed E-state index contributed by atoms with van der Waals surface area (Å²) in [6.45, 7) is 13.7. The van der Waals surface area contributed by atoms with Gasteiger partial charge in [0, 0.05) is 18.6 Å². The fourth-order valence-electron chi connectivity index (χ4n) is 1.93. The van der Waals surface area contributed by atoms with Gasteiger partial charge in [0.15, 0.2) is 0 Å². The smallest absolute Gasteiger partial charge is 0.00998 e. The van der Waals surface area contributed by atoms with Crippen molar-refractivity contribution in [2.24, 2.45) is 17.1 Å². The molecule has 0 aliphatic heterocycles. The van der Waals surface area contributed by atoms with Crippen molar-refractivity contribution in [2.75, 3.05) is 13.1 Å². The van der Waals surface area contributed by atoms with Crippen molar-refractivity contribution in [3.8, 4) is 0 Å². The number of rotatable bonds is 6. The van der Waals surface area contributed by atoms with Crippen molar-refractivity contribution in [1.29, 1.82) is 0 Å². The quantitative estimate of drug-likeness (QED) is 0.754. The third-order valence-corrected chi connectivity index (χ3v) is 3.76. The number of hydrogen-bond acceptors (Lipinski definition) is 2. The predicted molar refractivity (Wildman–Crippen MR) is 71.5 cm³/mol. The van der Waals surface area contributed by atoms with E-state index in [1.165, 1.54) is 19.4 Å². The Morgan fingerprint density at radius 1 is 1.25 bits per heavy atom. The van der Waals surface area contributed by atoms with Gasteiger partial charge in [-0.25, -0.2) is 0 Å². The largest absolute Gasteiger partial charge is 0.327 e. The highest BCUT2D eigenvalue weighted by Crippen LogP contribution is 2.30. The highest BCUT2D eigenvalue weighted by atomic mass is 15.1. The van der Waals surface area contributed by atoms with Gasteiger partial charge in [-0.05, 0) is 51.0 Å². The lowest BCUT2D eigenvalue weighted by molar-refractivity contribution is 0.186. The molecule has 0 bridgehead atoms. The van der Waals surface area contributed by atoms with Gasteiger partial charge >= 0.3 is 0 Å². The van der Waals surface area contributed by atoms with Gasteiger partial charge in [0.2, 0.25) is 0 Å². The van der Waals surface area contributed by atoms with E-state index in [0.29, 0.717) is 12.1 Å². The van der Waals surface area contributed by atoms with Crippen molar-refractivity contribution in [2.45, 2.75) is 66.0 Å². The second kappa shape index (κ2) is 5.50. The molecule has 1 aliphatic carbocycles. The van der Waals surface area contributed by atoms with Crippen LogP contribution in [0.15, 0.2) is 0 Å². The van der Waals surface area contributed by atoms with Crippen LogP contribution < -0.4 is 5.73 Å². The standard InChI is InChI=1S/C14H30N2/c1-11(2)16(10-12-6-7-12)9-8-13(15)14(3,4)5/h11-13H,6-10,15H2,1-5H3. The van der Waals surface area contributed by atoms with Crippen molar-refractivity contribution in [3.63, 3.8) is 0 Å². The lowest BCUT2D eigenvalue weighted by Gasteiger charge is -2.32. The highest BCUT2D eigenvalue weighted by Gasteiger charge is 2.27. The maximum absolute atomic E-state index is 6.22. The first-order chi connectivity index (χ1) is 7.30. The molecule has 0 spiro atoms. The molecule has 2 N–H and O–H groups in total. The van der Waals surface area contributed by atoms with Gasteiger partial charge in [-0.1, -0.05) is 20.8 Å². The summed E-state index contributed by atoms with van der Waals surface area (Å²) in [7, 11) is 0. The number of hydrogen-bond donors (Lipinski definition) is 1. The third-order valence-electron chi connectivity index (χ3n) is 3.76. The molecule has 96 valence electrons. The van der Waals surface area contributed by atoms with Gasteiger partial charge < -0.3 is 10.6 Å². The van der Waals surface area contributed by atoms with Gasteiger partial charge in [-0.3, -0.25) is 0 Å². The van der Waals surface area contributed by atoms with Crippen molar-refractivity contribution >= 4 is 0 Å². The van der Waals surface area contributed by atoms with Crippen LogP contribution in [-0.2, 0) is 0 Å². The zero-order valence-corrected chi connectivity index (χ0v) is 11.8. The molecule has 1 rings (SSSR count). The fraction of sp³-hybridized carbons (Fsp3) is 1.00. The summed E-state index contributed by atoms with van der Waals surface area (Å²) >= 11 is 0. The van der Waals surface area contributed by atoms with Crippen LogP contribution >= 0.6 is 0 Å². The second-order valence-electron chi connectivity index (χ2n) is 6.79. The van der Waals surface area contributed by atoms with Gasteiger partial charge in [0.1, 0.15) is 0 Å². The monoisotopic (exact) mass is 226 g/mol. The fourth-order valence-corrected chi connectivity index (χ4v) is 1.93. The first-order valence-corrected chi connectivity index (χ1v) is 6.80. The molecule has 0 aromatic heterocycles. The Morgan fingerprint density at radius 2 is 1.81 bits per heavy atom. The van der Waals surface area contributed by atoms with Gasteiger partial charge in [0.25, 0.3) is 0 Å². The van der Waals surface area contributed by atoms with E-state index in [1.54, 1.807) is 0 Å². The van der Waals surface area contributed by atoms with Crippen LogP contribution in [-0.4, -0.2) is 30.1 Å². The normalized spacial score (nSPS) is 19.5. The van der Waals surface area contributed by atoms with Gasteiger partial charge in [-0.15, -0.1) is 0 Å². The molecular weight excluding hydrogens is 196 g/mol. The Hall–Kier alpha value is -0.0800. The van der Waals surface area contributed by atoms with Crippen molar-refractivity contribution in [3.05, 3.63) is 0 Å². The van der Waals surface area contributed by atoms with Gasteiger partial charge in [0.05, 0.1) is 0 Å². The molecule has 0 aromatic carbocycles. The average Bonchev–Trinajstić information content (AvgIpc) is 2.92. The molecule has 2 nitrogen and oxygen atoms in total. The van der Waals surface area contributed by atoms with E-state index < -0.39 is 0 Å². The third kappa shape index (κ3) is 4.84. The summed E-state index contributed by atoms with van der Waals surface area (Å²) in [6.07, 6.45) is 4.00. The van der Waals surface area contributed by atoms with Crippen LogP contribution in [0.1, 0.15) is 53.9 Å². The Kier molecular flexibility index (Phi) is 4.81. The maximum Gasteiger partial charge on any atom is 0.00998 e. The van der Waals surface area contributed by atoms with E-state index in [4.69, 9.17) is 5.73 Å². The Labute approximate surface area is 102 Å². The lowest BCUT2D eigenvalue weighted by Crippen LogP contribution is -2.41. The zero-order chi connectivity index (χ0) is 12.3. The first-order valence-electron chi connectivity index (χ1n) is 6.80. The summed E-state index contributed by atoms with van der Waals surface area (Å²) < 4.78 is 0. The van der Waals surface area contributed by atoms with Crippen LogP contribution in [0.25, 0.3) is 0 Å². The molecule has 1 unspecified atom stereocenters. The van der Waals surface area contributed by atoms with E-state index in [-0.39, 0.29) is 5.41 Å². The number of nitrogens with two attached hydrogens (primary N) is 1. The first kappa shape index (κ1) is 14.0. The SMILES string of the molecule is CC(C)N(CCC(N)C(C)(C)C)CC1CC1. The van der Waals surface area contributed by atoms with Crippen LogP contribution in [0.2, 0.25) is 0 Å². The summed E-state index contributed by atoms with van der Waals surface area (Å²) in [6, 6.07) is 0.973. The zero-order valence-electron chi connectivity index (χ0n) is 11.8. The molecule has 2 heteroatoms. The molecule has 0 heterocycles. The molecule has 1 saturated carbocycles. The van der Waals surface area contributed by atoms with Crippen LogP contribution in [0.3, 0.4) is 0 Å². The molecule has 0 aromatic rings. The van der Waals surface area contributed by atoms with Crippen molar-refractivity contribution < 1.29 is 0 Å².